The van der Waals surface area contributed by atoms with Gasteiger partial charge in [-0.25, -0.2) is 4.39 Å². The highest BCUT2D eigenvalue weighted by atomic mass is 19.1. The summed E-state index contributed by atoms with van der Waals surface area (Å²) >= 11 is 0. The molecular weight excluding hydrogens is 355 g/mol. The molecule has 0 aliphatic rings. The molecule has 0 aliphatic heterocycles. The monoisotopic (exact) mass is 374 g/mol. The van der Waals surface area contributed by atoms with Gasteiger partial charge in [0.05, 0.1) is 18.0 Å². The molecule has 0 saturated carbocycles. The van der Waals surface area contributed by atoms with Crippen LogP contribution in [-0.4, -0.2) is 34.9 Å². The van der Waals surface area contributed by atoms with Crippen LogP contribution in [0.4, 0.5) is 10.1 Å². The van der Waals surface area contributed by atoms with Gasteiger partial charge in [0, 0.05) is 30.8 Å². The van der Waals surface area contributed by atoms with Crippen LogP contribution in [0.15, 0.2) is 48.5 Å². The lowest BCUT2D eigenvalue weighted by Crippen LogP contribution is -2.33. The number of benzene rings is 2. The summed E-state index contributed by atoms with van der Waals surface area (Å²) in [5.41, 5.74) is 0.824. The standard InChI is InChI=1S/C19H19FN2O5/c1-2-27-18(23)11-12-21(13-14-3-7-16(20)8-4-14)19(24)15-5-9-17(10-6-15)22(25)26/h3-10H,2,11-13H2,1H3. The number of rotatable bonds is 8. The summed E-state index contributed by atoms with van der Waals surface area (Å²) in [6, 6.07) is 10.9. The number of amides is 1. The number of halogens is 1. The van der Waals surface area contributed by atoms with Crippen LogP contribution in [0.3, 0.4) is 0 Å². The minimum atomic E-state index is -0.550. The zero-order valence-corrected chi connectivity index (χ0v) is 14.8. The van der Waals surface area contributed by atoms with Crippen molar-refractivity contribution >= 4 is 17.6 Å². The SMILES string of the molecule is CCOC(=O)CCN(Cc1ccc(F)cc1)C(=O)c1ccc([N+](=O)[O-])cc1. The Kier molecular flexibility index (Phi) is 6.99. The predicted molar refractivity (Wildman–Crippen MR) is 95.5 cm³/mol. The number of carbonyl (C=O) groups excluding carboxylic acids is 2. The number of nitrogens with zero attached hydrogens (tertiary/aromatic N) is 2. The fourth-order valence-corrected chi connectivity index (χ4v) is 2.43. The van der Waals surface area contributed by atoms with E-state index in [2.05, 4.69) is 0 Å². The molecule has 0 fully saturated rings. The number of hydrogen-bond acceptors (Lipinski definition) is 5. The summed E-state index contributed by atoms with van der Waals surface area (Å²) in [7, 11) is 0. The number of non-ortho nitro benzene ring substituents is 1. The maximum atomic E-state index is 13.1. The molecular formula is C19H19FN2O5. The Morgan fingerprint density at radius 3 is 2.30 bits per heavy atom. The Morgan fingerprint density at radius 1 is 1.11 bits per heavy atom. The van der Waals surface area contributed by atoms with Crippen molar-refractivity contribution in [3.63, 3.8) is 0 Å². The molecule has 8 heteroatoms. The molecule has 0 bridgehead atoms. The lowest BCUT2D eigenvalue weighted by atomic mass is 10.1. The van der Waals surface area contributed by atoms with E-state index in [4.69, 9.17) is 4.74 Å². The third kappa shape index (κ3) is 5.88. The summed E-state index contributed by atoms with van der Waals surface area (Å²) in [5, 5.41) is 10.8. The Hall–Kier alpha value is -3.29. The second kappa shape index (κ2) is 9.42. The van der Waals surface area contributed by atoms with Crippen molar-refractivity contribution in [1.82, 2.24) is 4.90 Å². The van der Waals surface area contributed by atoms with Gasteiger partial charge in [-0.15, -0.1) is 0 Å². The van der Waals surface area contributed by atoms with Crippen LogP contribution in [0.25, 0.3) is 0 Å². The Bertz CT molecular complexity index is 806. The first-order valence-corrected chi connectivity index (χ1v) is 8.34. The van der Waals surface area contributed by atoms with Crippen molar-refractivity contribution in [2.45, 2.75) is 19.9 Å². The average molecular weight is 374 g/mol. The zero-order valence-electron chi connectivity index (χ0n) is 14.8. The molecule has 1 amide bonds. The summed E-state index contributed by atoms with van der Waals surface area (Å²) in [4.78, 5) is 36.1. The molecule has 0 N–H and O–H groups in total. The molecule has 0 spiro atoms. The summed E-state index contributed by atoms with van der Waals surface area (Å²) in [5.74, 6) is -1.21. The molecule has 0 aliphatic carbocycles. The van der Waals surface area contributed by atoms with Gasteiger partial charge in [0.1, 0.15) is 5.82 Å². The van der Waals surface area contributed by atoms with Crippen molar-refractivity contribution in [3.05, 3.63) is 75.6 Å². The summed E-state index contributed by atoms with van der Waals surface area (Å²) in [6.07, 6.45) is 0.00769. The van der Waals surface area contributed by atoms with Gasteiger partial charge < -0.3 is 9.64 Å². The molecule has 0 aromatic heterocycles. The van der Waals surface area contributed by atoms with Gasteiger partial charge in [-0.3, -0.25) is 19.7 Å². The molecule has 2 aromatic rings. The van der Waals surface area contributed by atoms with Gasteiger partial charge in [0.2, 0.25) is 0 Å². The number of esters is 1. The van der Waals surface area contributed by atoms with Crippen LogP contribution in [0.2, 0.25) is 0 Å². The van der Waals surface area contributed by atoms with E-state index in [1.807, 2.05) is 0 Å². The van der Waals surface area contributed by atoms with Crippen LogP contribution >= 0.6 is 0 Å². The zero-order chi connectivity index (χ0) is 19.8. The first-order valence-electron chi connectivity index (χ1n) is 8.34. The number of ether oxygens (including phenoxy) is 1. The van der Waals surface area contributed by atoms with E-state index in [0.717, 1.165) is 0 Å². The second-order valence-electron chi connectivity index (χ2n) is 5.71. The van der Waals surface area contributed by atoms with Crippen molar-refractivity contribution in [1.29, 1.82) is 0 Å². The lowest BCUT2D eigenvalue weighted by molar-refractivity contribution is -0.384. The van der Waals surface area contributed by atoms with Gasteiger partial charge in [0.15, 0.2) is 0 Å². The van der Waals surface area contributed by atoms with Gasteiger partial charge in [-0.05, 0) is 36.8 Å². The molecule has 142 valence electrons. The van der Waals surface area contributed by atoms with Crippen molar-refractivity contribution in [3.8, 4) is 0 Å². The highest BCUT2D eigenvalue weighted by Gasteiger charge is 2.19. The molecule has 2 rings (SSSR count). The van der Waals surface area contributed by atoms with Gasteiger partial charge in [-0.1, -0.05) is 12.1 Å². The van der Waals surface area contributed by atoms with Gasteiger partial charge >= 0.3 is 5.97 Å². The topological polar surface area (TPSA) is 89.8 Å². The number of nitro benzene ring substituents is 1. The minimum absolute atomic E-state index is 0.00769. The number of hydrogen-bond donors (Lipinski definition) is 0. The lowest BCUT2D eigenvalue weighted by Gasteiger charge is -2.22. The molecule has 27 heavy (non-hydrogen) atoms. The first kappa shape index (κ1) is 20.0. The van der Waals surface area contributed by atoms with Crippen molar-refractivity contribution in [2.24, 2.45) is 0 Å². The highest BCUT2D eigenvalue weighted by molar-refractivity contribution is 5.94. The molecule has 0 saturated heterocycles. The van der Waals surface area contributed by atoms with Gasteiger partial charge in [0.25, 0.3) is 11.6 Å². The van der Waals surface area contributed by atoms with Crippen LogP contribution in [0.5, 0.6) is 0 Å². The van der Waals surface area contributed by atoms with E-state index in [1.165, 1.54) is 41.3 Å². The third-order valence-corrected chi connectivity index (χ3v) is 3.79. The van der Waals surface area contributed by atoms with E-state index in [0.29, 0.717) is 5.56 Å². The highest BCUT2D eigenvalue weighted by Crippen LogP contribution is 2.16. The maximum absolute atomic E-state index is 13.1. The largest absolute Gasteiger partial charge is 0.466 e. The smallest absolute Gasteiger partial charge is 0.307 e. The quantitative estimate of drug-likeness (QED) is 0.402. The first-order chi connectivity index (χ1) is 12.9. The second-order valence-corrected chi connectivity index (χ2v) is 5.71. The number of nitro groups is 1. The average Bonchev–Trinajstić information content (AvgIpc) is 2.66. The van der Waals surface area contributed by atoms with E-state index in [-0.39, 0.29) is 37.4 Å². The predicted octanol–water partition coefficient (Wildman–Crippen LogP) is 3.33. The molecule has 2 aromatic carbocycles. The van der Waals surface area contributed by atoms with E-state index in [1.54, 1.807) is 19.1 Å². The Labute approximate surface area is 155 Å². The van der Waals surface area contributed by atoms with Crippen molar-refractivity contribution < 1.29 is 23.6 Å². The van der Waals surface area contributed by atoms with Crippen LogP contribution in [0.1, 0.15) is 29.3 Å². The van der Waals surface area contributed by atoms with Crippen LogP contribution in [-0.2, 0) is 16.1 Å². The maximum Gasteiger partial charge on any atom is 0.307 e. The van der Waals surface area contributed by atoms with Crippen LogP contribution in [0, 0.1) is 15.9 Å². The Balaban J connectivity index is 2.18. The summed E-state index contributed by atoms with van der Waals surface area (Å²) < 4.78 is 18.0. The summed E-state index contributed by atoms with van der Waals surface area (Å²) in [6.45, 7) is 2.20. The normalized spacial score (nSPS) is 10.3. The van der Waals surface area contributed by atoms with E-state index in [9.17, 15) is 24.1 Å². The minimum Gasteiger partial charge on any atom is -0.466 e. The van der Waals surface area contributed by atoms with Gasteiger partial charge in [-0.2, -0.15) is 0 Å². The number of carbonyl (C=O) groups is 2. The molecule has 7 nitrogen and oxygen atoms in total. The Morgan fingerprint density at radius 2 is 1.74 bits per heavy atom. The van der Waals surface area contributed by atoms with Crippen LogP contribution < -0.4 is 0 Å². The molecule has 0 unspecified atom stereocenters. The van der Waals surface area contributed by atoms with Crippen molar-refractivity contribution in [2.75, 3.05) is 13.2 Å². The fraction of sp³-hybridized carbons (Fsp3) is 0.263. The van der Waals surface area contributed by atoms with E-state index >= 15 is 0 Å². The fourth-order valence-electron chi connectivity index (χ4n) is 2.43. The molecule has 0 heterocycles. The molecule has 0 radical (unpaired) electrons. The molecule has 0 atom stereocenters. The third-order valence-electron chi connectivity index (χ3n) is 3.79. The van der Waals surface area contributed by atoms with E-state index < -0.39 is 22.6 Å².